The van der Waals surface area contributed by atoms with Crippen LogP contribution in [0.25, 0.3) is 0 Å². The zero-order valence-corrected chi connectivity index (χ0v) is 8.82. The van der Waals surface area contributed by atoms with Crippen molar-refractivity contribution in [1.82, 2.24) is 0 Å². The third-order valence-corrected chi connectivity index (χ3v) is 5.59. The number of hydrogen-bond donors (Lipinski definition) is 4. The predicted octanol–water partition coefficient (Wildman–Crippen LogP) is 0.366. The molecule has 0 amide bonds. The van der Waals surface area contributed by atoms with Crippen LogP contribution in [0.3, 0.4) is 0 Å². The maximum absolute atomic E-state index is 11.0. The minimum Gasteiger partial charge on any atom is -0.324 e. The van der Waals surface area contributed by atoms with Gasteiger partial charge in [0.05, 0.1) is 0 Å². The highest BCUT2D eigenvalue weighted by molar-refractivity contribution is 7.71. The first-order valence-electron chi connectivity index (χ1n) is 3.52. The summed E-state index contributed by atoms with van der Waals surface area (Å²) < 4.78 is 25.5. The molecule has 0 saturated heterocycles. The third-order valence-electron chi connectivity index (χ3n) is 1.46. The quantitative estimate of drug-likeness (QED) is 0.398. The molecule has 2 unspecified atom stereocenters. The average molecular weight is 233 g/mol. The second-order valence-corrected chi connectivity index (χ2v) is 6.70. The van der Waals surface area contributed by atoms with E-state index in [0.29, 0.717) is 6.42 Å². The third kappa shape index (κ3) is 3.87. The molecule has 0 aliphatic carbocycles. The summed E-state index contributed by atoms with van der Waals surface area (Å²) in [4.78, 5) is 26.4. The van der Waals surface area contributed by atoms with E-state index in [-0.39, 0.29) is 6.42 Å². The van der Waals surface area contributed by atoms with Crippen molar-refractivity contribution in [3.05, 3.63) is 0 Å². The van der Waals surface area contributed by atoms with Gasteiger partial charge in [0.25, 0.3) is 0 Å². The van der Waals surface area contributed by atoms with Gasteiger partial charge in [-0.05, 0) is 6.42 Å². The summed E-state index contributed by atoms with van der Waals surface area (Å²) in [6, 6.07) is 0. The van der Waals surface area contributed by atoms with E-state index in [4.69, 9.17) is 14.7 Å². The van der Waals surface area contributed by atoms with Gasteiger partial charge in [-0.1, -0.05) is 13.3 Å². The predicted molar refractivity (Wildman–Crippen MR) is 45.8 cm³/mol. The van der Waals surface area contributed by atoms with Crippen LogP contribution in [0.1, 0.15) is 19.8 Å². The normalized spacial score (nSPS) is 19.5. The number of hydrogen-bond acceptors (Lipinski definition) is 4. The van der Waals surface area contributed by atoms with Gasteiger partial charge in [0.2, 0.25) is 0 Å². The first-order valence-corrected chi connectivity index (χ1v) is 6.84. The van der Waals surface area contributed by atoms with E-state index < -0.39 is 20.6 Å². The lowest BCUT2D eigenvalue weighted by Gasteiger charge is -2.20. The van der Waals surface area contributed by atoms with E-state index in [9.17, 15) is 9.13 Å². The molecule has 0 fully saturated rings. The first-order chi connectivity index (χ1) is 5.75. The molecule has 0 aliphatic rings. The summed E-state index contributed by atoms with van der Waals surface area (Å²) in [5.74, 6) is 4.48. The van der Waals surface area contributed by atoms with Crippen molar-refractivity contribution < 1.29 is 28.4 Å². The standard InChI is InChI=1S/C4H13NO6P2/c1-2-3-4(12(6,7)8)13(9,10)11-5/h4H,2-3,5H2,1H3,(H,9,10)(H2,6,7,8). The topological polar surface area (TPSA) is 130 Å². The molecule has 9 heteroatoms. The van der Waals surface area contributed by atoms with Crippen LogP contribution in [0.4, 0.5) is 0 Å². The molecule has 0 aliphatic heterocycles. The van der Waals surface area contributed by atoms with E-state index in [1.165, 1.54) is 0 Å². The highest BCUT2D eigenvalue weighted by atomic mass is 31.2. The Bertz CT molecular complexity index is 249. The van der Waals surface area contributed by atoms with Crippen molar-refractivity contribution in [2.24, 2.45) is 5.90 Å². The maximum atomic E-state index is 11.0. The molecular weight excluding hydrogens is 220 g/mol. The van der Waals surface area contributed by atoms with Gasteiger partial charge in [-0.2, -0.15) is 0 Å². The van der Waals surface area contributed by atoms with Crippen molar-refractivity contribution in [3.8, 4) is 0 Å². The molecular formula is C4H13NO6P2. The van der Waals surface area contributed by atoms with Gasteiger partial charge in [-0.15, -0.1) is 0 Å². The van der Waals surface area contributed by atoms with Crippen LogP contribution in [0.2, 0.25) is 0 Å². The summed E-state index contributed by atoms with van der Waals surface area (Å²) in [6.07, 6.45) is 0.235. The molecule has 0 saturated carbocycles. The molecule has 0 aromatic rings. The first kappa shape index (κ1) is 13.3. The van der Waals surface area contributed by atoms with E-state index in [1.807, 2.05) is 0 Å². The molecule has 2 atom stereocenters. The van der Waals surface area contributed by atoms with Crippen LogP contribution in [-0.2, 0) is 13.8 Å². The minimum atomic E-state index is -4.65. The SMILES string of the molecule is CCCC(P(=O)(O)O)P(=O)(O)ON. The van der Waals surface area contributed by atoms with Gasteiger partial charge in [-0.3, -0.25) is 9.13 Å². The Labute approximate surface area is 75.6 Å². The van der Waals surface area contributed by atoms with Crippen molar-refractivity contribution in [2.45, 2.75) is 25.2 Å². The summed E-state index contributed by atoms with van der Waals surface area (Å²) in [7, 11) is -9.06. The van der Waals surface area contributed by atoms with Crippen LogP contribution in [-0.4, -0.2) is 20.1 Å². The van der Waals surface area contributed by atoms with Gasteiger partial charge in [0.15, 0.2) is 5.40 Å². The molecule has 0 aromatic heterocycles. The minimum absolute atomic E-state index is 0.116. The summed E-state index contributed by atoms with van der Waals surface area (Å²) in [6.45, 7) is 1.62. The zero-order chi connectivity index (χ0) is 10.7. The average Bonchev–Trinajstić information content (AvgIpc) is 1.98. The molecule has 0 bridgehead atoms. The molecule has 80 valence electrons. The second kappa shape index (κ2) is 4.66. The smallest absolute Gasteiger partial charge is 0.324 e. The Morgan fingerprint density at radius 3 is 2.08 bits per heavy atom. The molecule has 0 rings (SSSR count). The Morgan fingerprint density at radius 2 is 1.85 bits per heavy atom. The van der Waals surface area contributed by atoms with E-state index in [1.54, 1.807) is 6.92 Å². The van der Waals surface area contributed by atoms with Gasteiger partial charge in [-0.25, -0.2) is 10.5 Å². The van der Waals surface area contributed by atoms with Crippen LogP contribution in [0, 0.1) is 0 Å². The molecule has 0 spiro atoms. The number of nitrogens with two attached hydrogens (primary N) is 1. The largest absolute Gasteiger partial charge is 0.359 e. The highest BCUT2D eigenvalue weighted by Gasteiger charge is 2.44. The zero-order valence-electron chi connectivity index (χ0n) is 7.03. The van der Waals surface area contributed by atoms with E-state index >= 15 is 0 Å². The lowest BCUT2D eigenvalue weighted by Crippen LogP contribution is -2.13. The molecule has 7 nitrogen and oxygen atoms in total. The van der Waals surface area contributed by atoms with E-state index in [0.717, 1.165) is 0 Å². The van der Waals surface area contributed by atoms with Crippen LogP contribution >= 0.6 is 15.2 Å². The van der Waals surface area contributed by atoms with Gasteiger partial charge < -0.3 is 14.7 Å². The molecule has 0 aromatic carbocycles. The fourth-order valence-corrected chi connectivity index (χ4v) is 3.85. The number of rotatable bonds is 5. The van der Waals surface area contributed by atoms with Crippen LogP contribution in [0.5, 0.6) is 0 Å². The second-order valence-electron chi connectivity index (χ2n) is 2.53. The van der Waals surface area contributed by atoms with Crippen LogP contribution in [0.15, 0.2) is 0 Å². The maximum Gasteiger partial charge on any atom is 0.359 e. The highest BCUT2D eigenvalue weighted by Crippen LogP contribution is 2.63. The van der Waals surface area contributed by atoms with E-state index in [2.05, 4.69) is 10.5 Å². The summed E-state index contributed by atoms with van der Waals surface area (Å²) in [5.41, 5.74) is 0. The van der Waals surface area contributed by atoms with Gasteiger partial charge >= 0.3 is 15.2 Å². The Kier molecular flexibility index (Phi) is 4.76. The van der Waals surface area contributed by atoms with Crippen LogP contribution < -0.4 is 5.90 Å². The molecule has 5 N–H and O–H groups in total. The lowest BCUT2D eigenvalue weighted by atomic mass is 10.4. The van der Waals surface area contributed by atoms with Gasteiger partial charge in [0.1, 0.15) is 0 Å². The summed E-state index contributed by atoms with van der Waals surface area (Å²) in [5, 5.41) is -1.73. The van der Waals surface area contributed by atoms with Crippen molar-refractivity contribution in [3.63, 3.8) is 0 Å². The fourth-order valence-electron chi connectivity index (χ4n) is 0.850. The van der Waals surface area contributed by atoms with Gasteiger partial charge in [0, 0.05) is 0 Å². The molecule has 0 radical (unpaired) electrons. The van der Waals surface area contributed by atoms with Crippen molar-refractivity contribution in [1.29, 1.82) is 0 Å². The molecule has 13 heavy (non-hydrogen) atoms. The Balaban J connectivity index is 4.83. The Hall–Kier alpha value is 0.260. The Morgan fingerprint density at radius 1 is 1.38 bits per heavy atom. The van der Waals surface area contributed by atoms with Crippen molar-refractivity contribution in [2.75, 3.05) is 0 Å². The van der Waals surface area contributed by atoms with Crippen molar-refractivity contribution >= 4 is 15.2 Å². The lowest BCUT2D eigenvalue weighted by molar-refractivity contribution is 0.257. The fraction of sp³-hybridized carbons (Fsp3) is 1.00. The molecule has 0 heterocycles. The monoisotopic (exact) mass is 233 g/mol. The summed E-state index contributed by atoms with van der Waals surface area (Å²) >= 11 is 0.